The van der Waals surface area contributed by atoms with Crippen LogP contribution in [0.25, 0.3) is 0 Å². The number of halogens is 3. The summed E-state index contributed by atoms with van der Waals surface area (Å²) in [4.78, 5) is 15.2. The van der Waals surface area contributed by atoms with Crippen molar-refractivity contribution in [2.75, 3.05) is 6.54 Å². The SMILES string of the molecule is CCCN1C(=S)NC(c2cccc(C(F)(F)F)c2)C(C(=O)c2ccccc2)=C1C. The minimum atomic E-state index is -4.47. The number of Topliss-reactive ketones (excluding diaryl/α,β-unsaturated/α-hetero) is 1. The molecule has 0 radical (unpaired) electrons. The minimum Gasteiger partial charge on any atom is -0.351 e. The van der Waals surface area contributed by atoms with Crippen molar-refractivity contribution in [3.8, 4) is 0 Å². The molecule has 152 valence electrons. The third kappa shape index (κ3) is 4.34. The lowest BCUT2D eigenvalue weighted by Crippen LogP contribution is -2.47. The van der Waals surface area contributed by atoms with E-state index in [1.165, 1.54) is 6.07 Å². The number of allylic oxidation sites excluding steroid dienone is 1. The van der Waals surface area contributed by atoms with E-state index in [0.717, 1.165) is 18.6 Å². The van der Waals surface area contributed by atoms with Crippen LogP contribution in [0.5, 0.6) is 0 Å². The molecular weight excluding hydrogens is 397 g/mol. The summed E-state index contributed by atoms with van der Waals surface area (Å²) in [7, 11) is 0. The second kappa shape index (κ2) is 8.37. The number of hydrogen-bond acceptors (Lipinski definition) is 2. The van der Waals surface area contributed by atoms with E-state index in [-0.39, 0.29) is 5.78 Å². The van der Waals surface area contributed by atoms with Crippen LogP contribution >= 0.6 is 12.2 Å². The van der Waals surface area contributed by atoms with Crippen molar-refractivity contribution in [2.45, 2.75) is 32.5 Å². The normalized spacial score (nSPS) is 17.3. The molecule has 0 fully saturated rings. The molecule has 0 aromatic heterocycles. The monoisotopic (exact) mass is 418 g/mol. The highest BCUT2D eigenvalue weighted by atomic mass is 32.1. The second-order valence-electron chi connectivity index (χ2n) is 6.85. The molecule has 1 unspecified atom stereocenters. The van der Waals surface area contributed by atoms with E-state index in [2.05, 4.69) is 5.32 Å². The van der Waals surface area contributed by atoms with E-state index < -0.39 is 17.8 Å². The number of ketones is 1. The van der Waals surface area contributed by atoms with Crippen LogP contribution in [0.1, 0.15) is 47.8 Å². The van der Waals surface area contributed by atoms with Crippen LogP contribution in [-0.4, -0.2) is 22.3 Å². The van der Waals surface area contributed by atoms with Crippen molar-refractivity contribution in [2.24, 2.45) is 0 Å². The van der Waals surface area contributed by atoms with E-state index in [1.807, 2.05) is 11.8 Å². The highest BCUT2D eigenvalue weighted by Crippen LogP contribution is 2.36. The van der Waals surface area contributed by atoms with Crippen LogP contribution in [0.15, 0.2) is 65.9 Å². The smallest absolute Gasteiger partial charge is 0.351 e. The van der Waals surface area contributed by atoms with Crippen LogP contribution in [0, 0.1) is 0 Å². The van der Waals surface area contributed by atoms with E-state index in [9.17, 15) is 18.0 Å². The third-order valence-corrected chi connectivity index (χ3v) is 5.21. The number of nitrogens with one attached hydrogen (secondary N) is 1. The number of benzene rings is 2. The molecule has 29 heavy (non-hydrogen) atoms. The average Bonchev–Trinajstić information content (AvgIpc) is 2.70. The van der Waals surface area contributed by atoms with E-state index in [4.69, 9.17) is 12.2 Å². The lowest BCUT2D eigenvalue weighted by molar-refractivity contribution is -0.137. The number of rotatable bonds is 5. The second-order valence-corrected chi connectivity index (χ2v) is 7.24. The average molecular weight is 418 g/mol. The highest BCUT2D eigenvalue weighted by molar-refractivity contribution is 7.80. The van der Waals surface area contributed by atoms with Gasteiger partial charge in [0.15, 0.2) is 10.9 Å². The molecule has 1 N–H and O–H groups in total. The van der Waals surface area contributed by atoms with Gasteiger partial charge in [0.1, 0.15) is 0 Å². The van der Waals surface area contributed by atoms with Gasteiger partial charge < -0.3 is 10.2 Å². The number of carbonyl (C=O) groups is 1. The molecule has 1 aliphatic rings. The van der Waals surface area contributed by atoms with Gasteiger partial charge in [0.05, 0.1) is 11.6 Å². The first-order valence-corrected chi connectivity index (χ1v) is 9.70. The number of alkyl halides is 3. The Morgan fingerprint density at radius 2 is 1.83 bits per heavy atom. The number of nitrogens with zero attached hydrogens (tertiary/aromatic N) is 1. The lowest BCUT2D eigenvalue weighted by Gasteiger charge is -2.38. The predicted molar refractivity (Wildman–Crippen MR) is 110 cm³/mol. The van der Waals surface area contributed by atoms with Crippen LogP contribution in [0.4, 0.5) is 13.2 Å². The topological polar surface area (TPSA) is 32.3 Å². The summed E-state index contributed by atoms with van der Waals surface area (Å²) in [6, 6.07) is 13.0. The quantitative estimate of drug-likeness (QED) is 0.513. The Bertz CT molecular complexity index is 954. The summed E-state index contributed by atoms with van der Waals surface area (Å²) in [5.74, 6) is -0.235. The fourth-order valence-electron chi connectivity index (χ4n) is 3.46. The first-order valence-electron chi connectivity index (χ1n) is 9.29. The van der Waals surface area contributed by atoms with Gasteiger partial charge in [-0.05, 0) is 43.3 Å². The highest BCUT2D eigenvalue weighted by Gasteiger charge is 2.36. The fraction of sp³-hybridized carbons (Fsp3) is 0.273. The summed E-state index contributed by atoms with van der Waals surface area (Å²) >= 11 is 5.46. The van der Waals surface area contributed by atoms with Crippen molar-refractivity contribution in [3.05, 3.63) is 82.6 Å². The summed E-state index contributed by atoms with van der Waals surface area (Å²) < 4.78 is 39.7. The zero-order valence-corrected chi connectivity index (χ0v) is 16.9. The maximum absolute atomic E-state index is 13.3. The molecule has 3 rings (SSSR count). The van der Waals surface area contributed by atoms with Crippen LogP contribution in [0.3, 0.4) is 0 Å². The Kier molecular flexibility index (Phi) is 6.07. The Balaban J connectivity index is 2.14. The summed E-state index contributed by atoms with van der Waals surface area (Å²) in [6.07, 6.45) is -3.66. The van der Waals surface area contributed by atoms with Crippen molar-refractivity contribution in [1.29, 1.82) is 0 Å². The Morgan fingerprint density at radius 3 is 2.45 bits per heavy atom. The van der Waals surface area contributed by atoms with E-state index in [1.54, 1.807) is 43.3 Å². The molecule has 0 bridgehead atoms. The van der Waals surface area contributed by atoms with Gasteiger partial charge in [-0.3, -0.25) is 4.79 Å². The fourth-order valence-corrected chi connectivity index (χ4v) is 3.80. The molecule has 0 aliphatic carbocycles. The van der Waals surface area contributed by atoms with Gasteiger partial charge in [0, 0.05) is 23.4 Å². The van der Waals surface area contributed by atoms with Gasteiger partial charge in [-0.1, -0.05) is 49.4 Å². The minimum absolute atomic E-state index is 0.235. The predicted octanol–water partition coefficient (Wildman–Crippen LogP) is 5.50. The number of carbonyl (C=O) groups excluding carboxylic acids is 1. The van der Waals surface area contributed by atoms with Gasteiger partial charge in [0.25, 0.3) is 0 Å². The van der Waals surface area contributed by atoms with Gasteiger partial charge in [0.2, 0.25) is 0 Å². The molecule has 1 atom stereocenters. The first kappa shape index (κ1) is 21.0. The summed E-state index contributed by atoms with van der Waals surface area (Å²) in [5, 5.41) is 3.49. The van der Waals surface area contributed by atoms with Gasteiger partial charge in [-0.2, -0.15) is 13.2 Å². The molecule has 0 amide bonds. The van der Waals surface area contributed by atoms with E-state index >= 15 is 0 Å². The first-order chi connectivity index (χ1) is 13.7. The third-order valence-electron chi connectivity index (χ3n) is 4.87. The van der Waals surface area contributed by atoms with Gasteiger partial charge >= 0.3 is 6.18 Å². The molecule has 0 saturated heterocycles. The van der Waals surface area contributed by atoms with Gasteiger partial charge in [-0.25, -0.2) is 0 Å². The van der Waals surface area contributed by atoms with Crippen molar-refractivity contribution >= 4 is 23.1 Å². The zero-order chi connectivity index (χ0) is 21.2. The van der Waals surface area contributed by atoms with Gasteiger partial charge in [-0.15, -0.1) is 0 Å². The Hall–Kier alpha value is -2.67. The molecule has 1 aliphatic heterocycles. The molecule has 1 heterocycles. The largest absolute Gasteiger partial charge is 0.416 e. The maximum atomic E-state index is 13.3. The maximum Gasteiger partial charge on any atom is 0.416 e. The van der Waals surface area contributed by atoms with Crippen molar-refractivity contribution < 1.29 is 18.0 Å². The molecule has 7 heteroatoms. The van der Waals surface area contributed by atoms with Crippen LogP contribution in [-0.2, 0) is 6.18 Å². The summed E-state index contributed by atoms with van der Waals surface area (Å²) in [5.41, 5.74) is 1.12. The van der Waals surface area contributed by atoms with Crippen LogP contribution in [0.2, 0.25) is 0 Å². The van der Waals surface area contributed by atoms with Crippen LogP contribution < -0.4 is 5.32 Å². The van der Waals surface area contributed by atoms with E-state index in [0.29, 0.717) is 34.1 Å². The molecule has 3 nitrogen and oxygen atoms in total. The zero-order valence-electron chi connectivity index (χ0n) is 16.1. The Morgan fingerprint density at radius 1 is 1.14 bits per heavy atom. The number of thiocarbonyl (C=S) groups is 1. The van der Waals surface area contributed by atoms with Crippen molar-refractivity contribution in [1.82, 2.24) is 10.2 Å². The molecular formula is C22H21F3N2OS. The molecule has 2 aromatic rings. The Labute approximate surface area is 173 Å². The molecule has 0 spiro atoms. The summed E-state index contributed by atoms with van der Waals surface area (Å²) in [6.45, 7) is 4.39. The molecule has 0 saturated carbocycles. The standard InChI is InChI=1S/C22H21F3N2OS/c1-3-12-27-14(2)18(20(28)15-8-5-4-6-9-15)19(26-21(27)29)16-10-7-11-17(13-16)22(23,24)25/h4-11,13,19H,3,12H2,1-2H3,(H,26,29). The van der Waals surface area contributed by atoms with Crippen molar-refractivity contribution in [3.63, 3.8) is 0 Å². The lowest BCUT2D eigenvalue weighted by atomic mass is 9.88. The molecule has 2 aromatic carbocycles. The number of hydrogen-bond donors (Lipinski definition) is 1.